The van der Waals surface area contributed by atoms with Crippen molar-refractivity contribution in [3.63, 3.8) is 0 Å². The number of hydrogen-bond acceptors (Lipinski definition) is 8. The van der Waals surface area contributed by atoms with Crippen molar-refractivity contribution in [3.05, 3.63) is 12.2 Å². The molecule has 7 unspecified atom stereocenters. The van der Waals surface area contributed by atoms with Crippen LogP contribution in [-0.4, -0.2) is 87.5 Å². The maximum Gasteiger partial charge on any atom is 0.220 e. The molecule has 1 rings (SSSR count). The van der Waals surface area contributed by atoms with Crippen LogP contribution in [0.2, 0.25) is 0 Å². The van der Waals surface area contributed by atoms with Gasteiger partial charge < -0.3 is 40.3 Å². The fourth-order valence-electron chi connectivity index (χ4n) is 9.51. The maximum atomic E-state index is 13.0. The Hall–Kier alpha value is -1.07. The molecule has 1 aliphatic rings. The minimum absolute atomic E-state index is 0.173. The van der Waals surface area contributed by atoms with Gasteiger partial charge in [-0.25, -0.2) is 0 Å². The van der Waals surface area contributed by atoms with Crippen molar-refractivity contribution in [1.82, 2.24) is 5.32 Å². The van der Waals surface area contributed by atoms with E-state index in [0.29, 0.717) is 6.42 Å². The zero-order valence-electron chi connectivity index (χ0n) is 43.5. The van der Waals surface area contributed by atoms with Crippen LogP contribution in [0.3, 0.4) is 0 Å². The Labute approximate surface area is 407 Å². The van der Waals surface area contributed by atoms with Crippen LogP contribution in [0, 0.1) is 0 Å². The standard InChI is InChI=1S/C57H111NO8/c1-3-5-7-9-11-13-15-17-18-19-20-21-22-23-24-25-26-27-28-29-30-31-32-33-34-35-36-38-40-42-44-46-51(60)50(49-65-57-56(64)55(63)54(62)52(48-59)66-57)58-53(61)47-45-43-41-39-37-16-14-12-10-8-6-4-2/h44,46,50-52,54-57,59-60,62-64H,3-43,45,47-49H2,1-2H3,(H,58,61)/b46-44+. The van der Waals surface area contributed by atoms with Crippen molar-refractivity contribution in [2.24, 2.45) is 0 Å². The highest BCUT2D eigenvalue weighted by molar-refractivity contribution is 5.76. The molecule has 9 heteroatoms. The lowest BCUT2D eigenvalue weighted by molar-refractivity contribution is -0.302. The number of carbonyl (C=O) groups excluding carboxylic acids is 1. The number of hydrogen-bond donors (Lipinski definition) is 6. The molecular formula is C57H111NO8. The van der Waals surface area contributed by atoms with Crippen LogP contribution in [0.15, 0.2) is 12.2 Å². The zero-order chi connectivity index (χ0) is 48.0. The lowest BCUT2D eigenvalue weighted by Gasteiger charge is -2.40. The highest BCUT2D eigenvalue weighted by Gasteiger charge is 2.44. The van der Waals surface area contributed by atoms with Crippen molar-refractivity contribution in [3.8, 4) is 0 Å². The molecule has 0 aromatic heterocycles. The summed E-state index contributed by atoms with van der Waals surface area (Å²) in [5, 5.41) is 54.4. The zero-order valence-corrected chi connectivity index (χ0v) is 43.5. The second-order valence-electron chi connectivity index (χ2n) is 20.5. The van der Waals surface area contributed by atoms with Gasteiger partial charge >= 0.3 is 0 Å². The first-order valence-electron chi connectivity index (χ1n) is 28.9. The van der Waals surface area contributed by atoms with Crippen molar-refractivity contribution >= 4 is 5.91 Å². The minimum Gasteiger partial charge on any atom is -0.394 e. The molecule has 0 radical (unpaired) electrons. The Morgan fingerprint density at radius 1 is 0.500 bits per heavy atom. The van der Waals surface area contributed by atoms with E-state index in [0.717, 1.165) is 38.5 Å². The molecule has 0 aliphatic carbocycles. The average Bonchev–Trinajstić information content (AvgIpc) is 3.32. The number of unbranched alkanes of at least 4 members (excludes halogenated alkanes) is 40. The van der Waals surface area contributed by atoms with Crippen LogP contribution >= 0.6 is 0 Å². The molecule has 1 heterocycles. The Kier molecular flexibility index (Phi) is 45.4. The SMILES string of the molecule is CCCCCCCCCCCCCCCCCCCCCCCCCCCCCCC/C=C/C(O)C(COC1OC(CO)C(O)C(O)C1O)NC(=O)CCCCCCCCCCCCCC. The third-order valence-electron chi connectivity index (χ3n) is 14.1. The predicted octanol–water partition coefficient (Wildman–Crippen LogP) is 14.0. The van der Waals surface area contributed by atoms with E-state index in [1.54, 1.807) is 6.08 Å². The van der Waals surface area contributed by atoms with Gasteiger partial charge in [0.05, 0.1) is 25.4 Å². The Morgan fingerprint density at radius 3 is 1.18 bits per heavy atom. The van der Waals surface area contributed by atoms with Crippen molar-refractivity contribution in [2.45, 2.75) is 333 Å². The summed E-state index contributed by atoms with van der Waals surface area (Å²) < 4.78 is 11.2. The molecule has 392 valence electrons. The number of rotatable bonds is 50. The van der Waals surface area contributed by atoms with Gasteiger partial charge in [0.2, 0.25) is 5.91 Å². The largest absolute Gasteiger partial charge is 0.394 e. The van der Waals surface area contributed by atoms with Crippen LogP contribution in [0.1, 0.15) is 290 Å². The van der Waals surface area contributed by atoms with Gasteiger partial charge in [0.15, 0.2) is 6.29 Å². The lowest BCUT2D eigenvalue weighted by atomic mass is 9.99. The van der Waals surface area contributed by atoms with E-state index in [9.17, 15) is 30.3 Å². The molecule has 0 aromatic rings. The maximum absolute atomic E-state index is 13.0. The summed E-state index contributed by atoms with van der Waals surface area (Å²) in [6, 6.07) is -0.799. The van der Waals surface area contributed by atoms with Crippen LogP contribution in [0.25, 0.3) is 0 Å². The lowest BCUT2D eigenvalue weighted by Crippen LogP contribution is -2.60. The van der Waals surface area contributed by atoms with E-state index in [2.05, 4.69) is 19.2 Å². The number of aliphatic hydroxyl groups excluding tert-OH is 5. The third kappa shape index (κ3) is 36.9. The van der Waals surface area contributed by atoms with Crippen LogP contribution in [0.4, 0.5) is 0 Å². The Balaban J connectivity index is 2.13. The van der Waals surface area contributed by atoms with Gasteiger partial charge in [-0.1, -0.05) is 276 Å². The van der Waals surface area contributed by atoms with Gasteiger partial charge in [-0.05, 0) is 19.3 Å². The quantitative estimate of drug-likeness (QED) is 0.0261. The van der Waals surface area contributed by atoms with Crippen LogP contribution < -0.4 is 5.32 Å². The third-order valence-corrected chi connectivity index (χ3v) is 14.1. The summed E-state index contributed by atoms with van der Waals surface area (Å²) >= 11 is 0. The molecule has 0 saturated carbocycles. The van der Waals surface area contributed by atoms with E-state index in [-0.39, 0.29) is 12.5 Å². The number of amides is 1. The number of nitrogens with one attached hydrogen (secondary N) is 1. The molecule has 0 spiro atoms. The molecule has 1 fully saturated rings. The summed E-state index contributed by atoms with van der Waals surface area (Å²) in [7, 11) is 0. The summed E-state index contributed by atoms with van der Waals surface area (Å²) in [4.78, 5) is 13.0. The summed E-state index contributed by atoms with van der Waals surface area (Å²) in [6.07, 6.45) is 51.6. The van der Waals surface area contributed by atoms with Gasteiger partial charge in [0, 0.05) is 6.42 Å². The summed E-state index contributed by atoms with van der Waals surface area (Å²) in [5.41, 5.74) is 0. The van der Waals surface area contributed by atoms with E-state index >= 15 is 0 Å². The van der Waals surface area contributed by atoms with E-state index in [1.165, 1.54) is 231 Å². The van der Waals surface area contributed by atoms with Gasteiger partial charge in [0.25, 0.3) is 0 Å². The molecule has 1 amide bonds. The average molecular weight is 939 g/mol. The minimum atomic E-state index is -1.56. The first-order valence-corrected chi connectivity index (χ1v) is 28.9. The molecule has 0 aromatic carbocycles. The molecule has 66 heavy (non-hydrogen) atoms. The monoisotopic (exact) mass is 938 g/mol. The Bertz CT molecular complexity index is 1040. The van der Waals surface area contributed by atoms with Crippen molar-refractivity contribution < 1.29 is 39.8 Å². The fourth-order valence-corrected chi connectivity index (χ4v) is 9.51. The summed E-state index contributed by atoms with van der Waals surface area (Å²) in [6.45, 7) is 3.80. The van der Waals surface area contributed by atoms with Gasteiger partial charge in [0.1, 0.15) is 24.4 Å². The first kappa shape index (κ1) is 62.9. The number of aliphatic hydroxyl groups is 5. The molecule has 6 N–H and O–H groups in total. The predicted molar refractivity (Wildman–Crippen MR) is 277 cm³/mol. The van der Waals surface area contributed by atoms with E-state index in [1.807, 2.05) is 6.08 Å². The molecule has 1 saturated heterocycles. The number of allylic oxidation sites excluding steroid dienone is 1. The Morgan fingerprint density at radius 2 is 0.833 bits per heavy atom. The number of carbonyl (C=O) groups is 1. The normalized spacial score (nSPS) is 19.8. The van der Waals surface area contributed by atoms with Gasteiger partial charge in [-0.2, -0.15) is 0 Å². The molecule has 1 aliphatic heterocycles. The second kappa shape index (κ2) is 47.6. The van der Waals surface area contributed by atoms with Crippen molar-refractivity contribution in [1.29, 1.82) is 0 Å². The van der Waals surface area contributed by atoms with Crippen LogP contribution in [0.5, 0.6) is 0 Å². The molecule has 7 atom stereocenters. The highest BCUT2D eigenvalue weighted by Crippen LogP contribution is 2.23. The van der Waals surface area contributed by atoms with Gasteiger partial charge in [-0.15, -0.1) is 0 Å². The fraction of sp³-hybridized carbons (Fsp3) is 0.947. The topological polar surface area (TPSA) is 149 Å². The summed E-state index contributed by atoms with van der Waals surface area (Å²) in [5.74, 6) is -0.173. The van der Waals surface area contributed by atoms with E-state index in [4.69, 9.17) is 9.47 Å². The first-order chi connectivity index (χ1) is 32.3. The number of ether oxygens (including phenoxy) is 2. The highest BCUT2D eigenvalue weighted by atomic mass is 16.7. The smallest absolute Gasteiger partial charge is 0.220 e. The molecule has 9 nitrogen and oxygen atoms in total. The van der Waals surface area contributed by atoms with Crippen molar-refractivity contribution in [2.75, 3.05) is 13.2 Å². The van der Waals surface area contributed by atoms with Crippen LogP contribution in [-0.2, 0) is 14.3 Å². The molecular weight excluding hydrogens is 827 g/mol. The second-order valence-corrected chi connectivity index (χ2v) is 20.5. The van der Waals surface area contributed by atoms with E-state index < -0.39 is 49.5 Å². The van der Waals surface area contributed by atoms with Gasteiger partial charge in [-0.3, -0.25) is 4.79 Å². The molecule has 0 bridgehead atoms.